The summed E-state index contributed by atoms with van der Waals surface area (Å²) in [5.74, 6) is -0.540. The van der Waals surface area contributed by atoms with Crippen LogP contribution in [0.5, 0.6) is 0 Å². The van der Waals surface area contributed by atoms with Gasteiger partial charge < -0.3 is 10.2 Å². The maximum atomic E-state index is 11.0. The molecule has 2 heterocycles. The van der Waals surface area contributed by atoms with Gasteiger partial charge in [-0.05, 0) is 18.2 Å². The maximum Gasteiger partial charge on any atom is 0.285 e. The molecule has 0 fully saturated rings. The van der Waals surface area contributed by atoms with Gasteiger partial charge in [-0.15, -0.1) is 0 Å². The molecule has 0 atom stereocenters. The molecule has 0 unspecified atom stereocenters. The molecule has 76 valence electrons. The number of amides is 1. The summed E-state index contributed by atoms with van der Waals surface area (Å²) in [7, 11) is 0. The van der Waals surface area contributed by atoms with Crippen molar-refractivity contribution in [1.82, 2.24) is 4.98 Å². The number of furan rings is 1. The average molecular weight is 223 g/mol. The van der Waals surface area contributed by atoms with Gasteiger partial charge in [-0.1, -0.05) is 17.7 Å². The summed E-state index contributed by atoms with van der Waals surface area (Å²) in [6.07, 6.45) is 1.39. The lowest BCUT2D eigenvalue weighted by atomic mass is 10.1. The number of aromatic nitrogens is 1. The largest absolute Gasteiger partial charge is 0.458 e. The van der Waals surface area contributed by atoms with Gasteiger partial charge in [-0.25, -0.2) is 4.98 Å². The summed E-state index contributed by atoms with van der Waals surface area (Å²) in [5.41, 5.74) is 6.25. The second-order valence-electron chi connectivity index (χ2n) is 2.87. The van der Waals surface area contributed by atoms with E-state index in [0.717, 1.165) is 0 Å². The minimum atomic E-state index is -0.628. The molecule has 0 saturated heterocycles. The monoisotopic (exact) mass is 222 g/mol. The summed E-state index contributed by atoms with van der Waals surface area (Å²) < 4.78 is 4.96. The van der Waals surface area contributed by atoms with Crippen molar-refractivity contribution in [2.75, 3.05) is 0 Å². The molecule has 1 amide bonds. The third-order valence-electron chi connectivity index (χ3n) is 1.88. The van der Waals surface area contributed by atoms with Gasteiger partial charge in [-0.3, -0.25) is 4.79 Å². The first-order valence-corrected chi connectivity index (χ1v) is 4.56. The SMILES string of the molecule is NC(=O)c1occc1-c1cccc(Cl)n1. The van der Waals surface area contributed by atoms with Crippen molar-refractivity contribution >= 4 is 17.5 Å². The minimum absolute atomic E-state index is 0.0877. The Morgan fingerprint density at radius 1 is 1.40 bits per heavy atom. The lowest BCUT2D eigenvalue weighted by Gasteiger charge is -1.98. The van der Waals surface area contributed by atoms with Crippen LogP contribution in [-0.4, -0.2) is 10.9 Å². The summed E-state index contributed by atoms with van der Waals surface area (Å²) >= 11 is 5.74. The van der Waals surface area contributed by atoms with E-state index in [1.165, 1.54) is 6.26 Å². The van der Waals surface area contributed by atoms with E-state index in [-0.39, 0.29) is 5.76 Å². The molecule has 2 aromatic rings. The highest BCUT2D eigenvalue weighted by Crippen LogP contribution is 2.23. The third kappa shape index (κ3) is 1.85. The topological polar surface area (TPSA) is 69.1 Å². The fraction of sp³-hybridized carbons (Fsp3) is 0. The number of hydrogen-bond acceptors (Lipinski definition) is 3. The molecule has 2 N–H and O–H groups in total. The summed E-state index contributed by atoms with van der Waals surface area (Å²) in [6.45, 7) is 0. The number of nitrogens with zero attached hydrogens (tertiary/aromatic N) is 1. The summed E-state index contributed by atoms with van der Waals surface area (Å²) in [4.78, 5) is 15.1. The van der Waals surface area contributed by atoms with E-state index in [1.54, 1.807) is 24.3 Å². The van der Waals surface area contributed by atoms with Crippen molar-refractivity contribution in [3.05, 3.63) is 41.4 Å². The Morgan fingerprint density at radius 3 is 2.87 bits per heavy atom. The molecule has 5 heteroatoms. The van der Waals surface area contributed by atoms with Crippen LogP contribution in [0.4, 0.5) is 0 Å². The van der Waals surface area contributed by atoms with Crippen LogP contribution >= 0.6 is 11.6 Å². The van der Waals surface area contributed by atoms with Crippen LogP contribution in [0.3, 0.4) is 0 Å². The number of pyridine rings is 1. The predicted octanol–water partition coefficient (Wildman–Crippen LogP) is 2.09. The van der Waals surface area contributed by atoms with E-state index < -0.39 is 5.91 Å². The van der Waals surface area contributed by atoms with E-state index in [1.807, 2.05) is 0 Å². The number of rotatable bonds is 2. The second kappa shape index (κ2) is 3.74. The lowest BCUT2D eigenvalue weighted by Crippen LogP contribution is -2.10. The standard InChI is InChI=1S/C10H7ClN2O2/c11-8-3-1-2-7(13-8)6-4-5-15-9(6)10(12)14/h1-5H,(H2,12,14). The molecule has 0 bridgehead atoms. The molecule has 4 nitrogen and oxygen atoms in total. The Hall–Kier alpha value is -1.81. The van der Waals surface area contributed by atoms with Crippen LogP contribution in [0.25, 0.3) is 11.3 Å². The van der Waals surface area contributed by atoms with Crippen LogP contribution in [0.15, 0.2) is 34.9 Å². The van der Waals surface area contributed by atoms with E-state index in [4.69, 9.17) is 21.8 Å². The van der Waals surface area contributed by atoms with Gasteiger partial charge in [-0.2, -0.15) is 0 Å². The highest BCUT2D eigenvalue weighted by molar-refractivity contribution is 6.29. The molecule has 0 aliphatic heterocycles. The number of primary amides is 1. The molecule has 0 spiro atoms. The van der Waals surface area contributed by atoms with Gasteiger partial charge in [0.15, 0.2) is 5.76 Å². The second-order valence-corrected chi connectivity index (χ2v) is 3.26. The van der Waals surface area contributed by atoms with E-state index >= 15 is 0 Å². The maximum absolute atomic E-state index is 11.0. The molecule has 0 radical (unpaired) electrons. The third-order valence-corrected chi connectivity index (χ3v) is 2.09. The van der Waals surface area contributed by atoms with Gasteiger partial charge in [0.1, 0.15) is 5.15 Å². The Labute approximate surface area is 90.7 Å². The molecule has 0 saturated carbocycles. The zero-order valence-electron chi connectivity index (χ0n) is 7.61. The zero-order valence-corrected chi connectivity index (χ0v) is 8.36. The van der Waals surface area contributed by atoms with Crippen LogP contribution in [0, 0.1) is 0 Å². The first-order chi connectivity index (χ1) is 7.18. The Bertz CT molecular complexity index is 508. The average Bonchev–Trinajstić information content (AvgIpc) is 2.65. The first-order valence-electron chi connectivity index (χ1n) is 4.18. The molecule has 2 rings (SSSR count). The van der Waals surface area contributed by atoms with E-state index in [0.29, 0.717) is 16.4 Å². The van der Waals surface area contributed by atoms with Crippen LogP contribution in [0.1, 0.15) is 10.6 Å². The van der Waals surface area contributed by atoms with Crippen LogP contribution in [-0.2, 0) is 0 Å². The first kappa shape index (κ1) is 9.73. The zero-order chi connectivity index (χ0) is 10.8. The minimum Gasteiger partial charge on any atom is -0.458 e. The molecular formula is C10H7ClN2O2. The van der Waals surface area contributed by atoms with Crippen molar-refractivity contribution in [2.45, 2.75) is 0 Å². The van der Waals surface area contributed by atoms with E-state index in [9.17, 15) is 4.79 Å². The fourth-order valence-electron chi connectivity index (χ4n) is 1.26. The van der Waals surface area contributed by atoms with Crippen LogP contribution < -0.4 is 5.73 Å². The number of carbonyl (C=O) groups is 1. The van der Waals surface area contributed by atoms with Crippen molar-refractivity contribution in [3.8, 4) is 11.3 Å². The molecule has 0 aliphatic rings. The highest BCUT2D eigenvalue weighted by atomic mass is 35.5. The number of halogens is 1. The van der Waals surface area contributed by atoms with Crippen LogP contribution in [0.2, 0.25) is 5.15 Å². The highest BCUT2D eigenvalue weighted by Gasteiger charge is 2.14. The Kier molecular flexibility index (Phi) is 2.43. The fourth-order valence-corrected chi connectivity index (χ4v) is 1.42. The quantitative estimate of drug-likeness (QED) is 0.791. The summed E-state index contributed by atoms with van der Waals surface area (Å²) in [5, 5.41) is 0.351. The van der Waals surface area contributed by atoms with Gasteiger partial charge in [0.25, 0.3) is 5.91 Å². The molecule has 0 aliphatic carbocycles. The number of nitrogens with two attached hydrogens (primary N) is 1. The summed E-state index contributed by atoms with van der Waals surface area (Å²) in [6, 6.07) is 6.74. The van der Waals surface area contributed by atoms with E-state index in [2.05, 4.69) is 4.98 Å². The van der Waals surface area contributed by atoms with Gasteiger partial charge in [0.2, 0.25) is 0 Å². The number of carbonyl (C=O) groups excluding carboxylic acids is 1. The smallest absolute Gasteiger partial charge is 0.285 e. The van der Waals surface area contributed by atoms with Crippen molar-refractivity contribution in [1.29, 1.82) is 0 Å². The lowest BCUT2D eigenvalue weighted by molar-refractivity contribution is 0.0975. The Morgan fingerprint density at radius 2 is 2.20 bits per heavy atom. The number of hydrogen-bond donors (Lipinski definition) is 1. The Balaban J connectivity index is 2.54. The van der Waals surface area contributed by atoms with Crippen molar-refractivity contribution in [3.63, 3.8) is 0 Å². The molecule has 0 aromatic carbocycles. The van der Waals surface area contributed by atoms with Crippen molar-refractivity contribution < 1.29 is 9.21 Å². The molecular weight excluding hydrogens is 216 g/mol. The van der Waals surface area contributed by atoms with Gasteiger partial charge in [0, 0.05) is 0 Å². The molecule has 15 heavy (non-hydrogen) atoms. The normalized spacial score (nSPS) is 10.2. The molecule has 2 aromatic heterocycles. The van der Waals surface area contributed by atoms with Crippen molar-refractivity contribution in [2.24, 2.45) is 5.73 Å². The van der Waals surface area contributed by atoms with Gasteiger partial charge >= 0.3 is 0 Å². The van der Waals surface area contributed by atoms with Gasteiger partial charge in [0.05, 0.1) is 17.5 Å². The predicted molar refractivity (Wildman–Crippen MR) is 55.5 cm³/mol.